The van der Waals surface area contributed by atoms with Crippen molar-refractivity contribution >= 4 is 17.5 Å². The van der Waals surface area contributed by atoms with Crippen LogP contribution in [0, 0.1) is 17.8 Å². The molecule has 1 aromatic carbocycles. The Bertz CT molecular complexity index is 968. The summed E-state index contributed by atoms with van der Waals surface area (Å²) in [5, 5.41) is 0. The van der Waals surface area contributed by atoms with E-state index in [1.54, 1.807) is 14.2 Å². The third-order valence-electron chi connectivity index (χ3n) is 8.04. The molecule has 0 saturated carbocycles. The van der Waals surface area contributed by atoms with E-state index >= 15 is 0 Å². The molecule has 1 aliphatic carbocycles. The van der Waals surface area contributed by atoms with Gasteiger partial charge in [-0.3, -0.25) is 14.6 Å². The van der Waals surface area contributed by atoms with E-state index < -0.39 is 5.92 Å². The standard InChI is InChI=1S/C32H47NO5/c1-5-6-7-8-9-10-11-12-13-17-26-30(32(35)38-20-19-36-3)23(2)33-27-21-24(22-28(34)31(26)27)25-16-14-15-18-29(25)37-4/h14-16,18,21,24,26,30-31H,5-13,17,19-20,22H2,1-4H3. The van der Waals surface area contributed by atoms with Gasteiger partial charge in [-0.15, -0.1) is 0 Å². The fourth-order valence-corrected chi connectivity index (χ4v) is 6.07. The number of unbranched alkanes of at least 4 members (excludes halogenated alkanes) is 8. The smallest absolute Gasteiger partial charge is 0.315 e. The number of rotatable bonds is 16. The minimum atomic E-state index is -0.491. The third-order valence-corrected chi connectivity index (χ3v) is 8.04. The third kappa shape index (κ3) is 8.02. The number of methoxy groups -OCH3 is 2. The van der Waals surface area contributed by atoms with Crippen LogP contribution in [0.15, 0.2) is 41.0 Å². The van der Waals surface area contributed by atoms with E-state index in [1.807, 2.05) is 31.2 Å². The molecule has 0 N–H and O–H groups in total. The summed E-state index contributed by atoms with van der Waals surface area (Å²) in [7, 11) is 3.24. The molecule has 6 heteroatoms. The summed E-state index contributed by atoms with van der Waals surface area (Å²) < 4.78 is 16.2. The Balaban J connectivity index is 1.76. The normalized spacial score (nSPS) is 22.9. The lowest BCUT2D eigenvalue weighted by Gasteiger charge is -2.39. The quantitative estimate of drug-likeness (QED) is 0.170. The number of benzene rings is 1. The Morgan fingerprint density at radius 3 is 2.34 bits per heavy atom. The lowest BCUT2D eigenvalue weighted by molar-refractivity contribution is -0.150. The van der Waals surface area contributed by atoms with Gasteiger partial charge in [-0.25, -0.2) is 0 Å². The van der Waals surface area contributed by atoms with Crippen LogP contribution in [0.1, 0.15) is 96.0 Å². The van der Waals surface area contributed by atoms with E-state index in [0.717, 1.165) is 42.0 Å². The Labute approximate surface area is 229 Å². The van der Waals surface area contributed by atoms with E-state index in [0.29, 0.717) is 13.0 Å². The van der Waals surface area contributed by atoms with Gasteiger partial charge in [-0.05, 0) is 25.3 Å². The van der Waals surface area contributed by atoms with Crippen LogP contribution < -0.4 is 4.74 Å². The van der Waals surface area contributed by atoms with Crippen molar-refractivity contribution < 1.29 is 23.8 Å². The molecule has 4 atom stereocenters. The first-order chi connectivity index (χ1) is 18.5. The number of fused-ring (bicyclic) bond motifs is 1. The molecule has 1 heterocycles. The SMILES string of the molecule is CCCCCCCCCCCC1C2C(=O)CC(c3ccccc3OC)C=C2N=C(C)C1C(=O)OCCOC. The molecule has 0 aromatic heterocycles. The Kier molecular flexibility index (Phi) is 12.5. The van der Waals surface area contributed by atoms with Crippen LogP contribution >= 0.6 is 0 Å². The average Bonchev–Trinajstić information content (AvgIpc) is 2.91. The van der Waals surface area contributed by atoms with Crippen LogP contribution in [0.3, 0.4) is 0 Å². The number of esters is 1. The highest BCUT2D eigenvalue weighted by molar-refractivity contribution is 6.04. The topological polar surface area (TPSA) is 74.2 Å². The molecular formula is C32H47NO5. The maximum atomic E-state index is 13.7. The molecule has 0 amide bonds. The van der Waals surface area contributed by atoms with E-state index in [2.05, 4.69) is 13.0 Å². The summed E-state index contributed by atoms with van der Waals surface area (Å²) in [5.41, 5.74) is 2.54. The monoisotopic (exact) mass is 525 g/mol. The van der Waals surface area contributed by atoms with Gasteiger partial charge < -0.3 is 14.2 Å². The number of hydrogen-bond donors (Lipinski definition) is 0. The highest BCUT2D eigenvalue weighted by atomic mass is 16.6. The lowest BCUT2D eigenvalue weighted by atomic mass is 9.67. The maximum absolute atomic E-state index is 13.7. The van der Waals surface area contributed by atoms with Crippen molar-refractivity contribution in [1.82, 2.24) is 0 Å². The van der Waals surface area contributed by atoms with Crippen molar-refractivity contribution in [2.75, 3.05) is 27.4 Å². The van der Waals surface area contributed by atoms with Gasteiger partial charge in [0.25, 0.3) is 0 Å². The fourth-order valence-electron chi connectivity index (χ4n) is 6.07. The predicted molar refractivity (Wildman–Crippen MR) is 152 cm³/mol. The molecule has 38 heavy (non-hydrogen) atoms. The van der Waals surface area contributed by atoms with E-state index in [4.69, 9.17) is 19.2 Å². The van der Waals surface area contributed by atoms with Crippen molar-refractivity contribution in [3.63, 3.8) is 0 Å². The second-order valence-electron chi connectivity index (χ2n) is 10.8. The molecular weight excluding hydrogens is 478 g/mol. The first-order valence-electron chi connectivity index (χ1n) is 14.6. The highest BCUT2D eigenvalue weighted by Crippen LogP contribution is 2.45. The predicted octanol–water partition coefficient (Wildman–Crippen LogP) is 7.07. The van der Waals surface area contributed by atoms with Crippen LogP contribution in [0.25, 0.3) is 0 Å². The van der Waals surface area contributed by atoms with E-state index in [1.165, 1.54) is 44.9 Å². The second-order valence-corrected chi connectivity index (χ2v) is 10.8. The van der Waals surface area contributed by atoms with Gasteiger partial charge in [0.05, 0.1) is 25.6 Å². The number of carbonyl (C=O) groups is 2. The number of hydrogen-bond acceptors (Lipinski definition) is 6. The fraction of sp³-hybridized carbons (Fsp3) is 0.656. The van der Waals surface area contributed by atoms with Gasteiger partial charge in [-0.2, -0.15) is 0 Å². The average molecular weight is 526 g/mol. The maximum Gasteiger partial charge on any atom is 0.315 e. The molecule has 2 aliphatic rings. The summed E-state index contributed by atoms with van der Waals surface area (Å²) in [6.45, 7) is 4.71. The Morgan fingerprint density at radius 2 is 1.66 bits per heavy atom. The van der Waals surface area contributed by atoms with Crippen molar-refractivity contribution in [2.45, 2.75) is 90.4 Å². The molecule has 3 rings (SSSR count). The minimum Gasteiger partial charge on any atom is -0.496 e. The van der Waals surface area contributed by atoms with Crippen molar-refractivity contribution in [3.05, 3.63) is 41.6 Å². The first-order valence-corrected chi connectivity index (χ1v) is 14.6. The van der Waals surface area contributed by atoms with Crippen molar-refractivity contribution in [2.24, 2.45) is 22.7 Å². The molecule has 6 nitrogen and oxygen atoms in total. The van der Waals surface area contributed by atoms with Gasteiger partial charge in [0, 0.05) is 36.4 Å². The van der Waals surface area contributed by atoms with Crippen LogP contribution in [0.4, 0.5) is 0 Å². The minimum absolute atomic E-state index is 0.0833. The number of ether oxygens (including phenoxy) is 3. The zero-order valence-electron chi connectivity index (χ0n) is 23.9. The summed E-state index contributed by atoms with van der Waals surface area (Å²) in [5.74, 6) is -0.408. The molecule has 4 unspecified atom stereocenters. The van der Waals surface area contributed by atoms with Crippen LogP contribution in [-0.4, -0.2) is 44.9 Å². The molecule has 0 spiro atoms. The van der Waals surface area contributed by atoms with Crippen LogP contribution in [0.5, 0.6) is 5.75 Å². The van der Waals surface area contributed by atoms with E-state index in [-0.39, 0.29) is 36.1 Å². The van der Waals surface area contributed by atoms with Gasteiger partial charge in [0.2, 0.25) is 0 Å². The number of para-hydroxylation sites is 1. The summed E-state index contributed by atoms with van der Waals surface area (Å²) in [4.78, 5) is 31.7. The first kappa shape index (κ1) is 30.1. The zero-order chi connectivity index (χ0) is 27.3. The molecule has 0 radical (unpaired) electrons. The van der Waals surface area contributed by atoms with Gasteiger partial charge in [0.1, 0.15) is 18.1 Å². The zero-order valence-corrected chi connectivity index (χ0v) is 23.9. The number of ketones is 1. The largest absolute Gasteiger partial charge is 0.496 e. The van der Waals surface area contributed by atoms with Crippen molar-refractivity contribution in [3.8, 4) is 5.75 Å². The number of aliphatic imine (C=N–C) groups is 1. The van der Waals surface area contributed by atoms with Gasteiger partial charge >= 0.3 is 5.97 Å². The van der Waals surface area contributed by atoms with Crippen LogP contribution in [-0.2, 0) is 19.1 Å². The molecule has 1 aromatic rings. The Morgan fingerprint density at radius 1 is 0.974 bits per heavy atom. The summed E-state index contributed by atoms with van der Waals surface area (Å²) in [6.07, 6.45) is 14.5. The Hall–Kier alpha value is -2.47. The van der Waals surface area contributed by atoms with Crippen LogP contribution in [0.2, 0.25) is 0 Å². The van der Waals surface area contributed by atoms with Gasteiger partial charge in [0.15, 0.2) is 0 Å². The lowest BCUT2D eigenvalue weighted by Crippen LogP contribution is -2.44. The molecule has 210 valence electrons. The summed E-state index contributed by atoms with van der Waals surface area (Å²) in [6, 6.07) is 7.86. The van der Waals surface area contributed by atoms with Gasteiger partial charge in [-0.1, -0.05) is 89.0 Å². The number of nitrogens with zero attached hydrogens (tertiary/aromatic N) is 1. The summed E-state index contributed by atoms with van der Waals surface area (Å²) >= 11 is 0. The van der Waals surface area contributed by atoms with E-state index in [9.17, 15) is 9.59 Å². The second kappa shape index (κ2) is 15.8. The molecule has 0 bridgehead atoms. The number of Topliss-reactive ketones (excluding diaryl/α,β-unsaturated/α-hetero) is 1. The van der Waals surface area contributed by atoms with Crippen molar-refractivity contribution in [1.29, 1.82) is 0 Å². The highest BCUT2D eigenvalue weighted by Gasteiger charge is 2.47. The number of allylic oxidation sites excluding steroid dienone is 2. The number of carbonyl (C=O) groups excluding carboxylic acids is 2. The molecule has 1 aliphatic heterocycles. The molecule has 0 saturated heterocycles. The molecule has 0 fully saturated rings.